The SMILES string of the molecule is CCOc1cccc2ccc[c]([Al]([CH2]C)[CH2]C)c12. The number of ether oxygens (including phenoxy) is 1. The molecule has 0 saturated heterocycles. The fourth-order valence-electron chi connectivity index (χ4n) is 2.68. The van der Waals surface area contributed by atoms with Gasteiger partial charge in [0.2, 0.25) is 0 Å². The van der Waals surface area contributed by atoms with Gasteiger partial charge in [0.1, 0.15) is 5.75 Å². The summed E-state index contributed by atoms with van der Waals surface area (Å²) in [5, 5.41) is 5.31. The van der Waals surface area contributed by atoms with Crippen molar-refractivity contribution in [2.45, 2.75) is 31.3 Å². The Morgan fingerprint density at radius 2 is 1.61 bits per heavy atom. The highest BCUT2D eigenvalue weighted by molar-refractivity contribution is 6.75. The minimum Gasteiger partial charge on any atom is -0.493 e. The van der Waals surface area contributed by atoms with Crippen LogP contribution < -0.4 is 9.16 Å². The van der Waals surface area contributed by atoms with Crippen LogP contribution in [0, 0.1) is 0 Å². The third-order valence-electron chi connectivity index (χ3n) is 3.62. The van der Waals surface area contributed by atoms with Crippen LogP contribution in [0.2, 0.25) is 10.6 Å². The average molecular weight is 256 g/mol. The lowest BCUT2D eigenvalue weighted by molar-refractivity contribution is 0.344. The van der Waals surface area contributed by atoms with E-state index < -0.39 is 14.1 Å². The van der Waals surface area contributed by atoms with E-state index in [9.17, 15) is 0 Å². The van der Waals surface area contributed by atoms with Crippen molar-refractivity contribution < 1.29 is 4.74 Å². The van der Waals surface area contributed by atoms with Crippen molar-refractivity contribution in [3.63, 3.8) is 0 Å². The molecule has 0 radical (unpaired) electrons. The van der Waals surface area contributed by atoms with Gasteiger partial charge in [0.25, 0.3) is 0 Å². The zero-order valence-corrected chi connectivity index (χ0v) is 12.7. The minimum absolute atomic E-state index is 0.734. The molecule has 2 aromatic carbocycles. The third kappa shape index (κ3) is 2.56. The maximum Gasteiger partial charge on any atom is 0.306 e. The first-order valence-corrected chi connectivity index (χ1v) is 9.17. The molecule has 0 atom stereocenters. The smallest absolute Gasteiger partial charge is 0.306 e. The lowest BCUT2D eigenvalue weighted by Crippen LogP contribution is -2.29. The maximum atomic E-state index is 5.82. The Labute approximate surface area is 114 Å². The summed E-state index contributed by atoms with van der Waals surface area (Å²) in [4.78, 5) is 0. The second-order valence-corrected chi connectivity index (χ2v) is 8.30. The third-order valence-corrected chi connectivity index (χ3v) is 6.96. The molecule has 0 unspecified atom stereocenters. The van der Waals surface area contributed by atoms with Gasteiger partial charge in [0, 0.05) is 5.39 Å². The zero-order chi connectivity index (χ0) is 13.0. The van der Waals surface area contributed by atoms with Crippen molar-refractivity contribution >= 4 is 29.3 Å². The Kier molecular flexibility index (Phi) is 4.69. The molecule has 2 aromatic rings. The van der Waals surface area contributed by atoms with Crippen LogP contribution >= 0.6 is 0 Å². The monoisotopic (exact) mass is 256 g/mol. The van der Waals surface area contributed by atoms with Crippen molar-refractivity contribution in [2.75, 3.05) is 6.61 Å². The fourth-order valence-corrected chi connectivity index (χ4v) is 5.24. The van der Waals surface area contributed by atoms with Crippen molar-refractivity contribution in [1.82, 2.24) is 0 Å². The lowest BCUT2D eigenvalue weighted by Gasteiger charge is -2.15. The molecule has 2 rings (SSSR count). The van der Waals surface area contributed by atoms with Gasteiger partial charge in [-0.25, -0.2) is 0 Å². The first-order valence-electron chi connectivity index (χ1n) is 6.96. The Balaban J connectivity index is 2.64. The molecule has 0 fully saturated rings. The molecule has 1 nitrogen and oxygen atoms in total. The molecule has 0 N–H and O–H groups in total. The summed E-state index contributed by atoms with van der Waals surface area (Å²) in [6, 6.07) is 13.1. The number of rotatable bonds is 5. The molecule has 0 bridgehead atoms. The number of benzene rings is 2. The Morgan fingerprint density at radius 3 is 2.22 bits per heavy atom. The van der Waals surface area contributed by atoms with Crippen LogP contribution in [0.5, 0.6) is 5.75 Å². The summed E-state index contributed by atoms with van der Waals surface area (Å²) in [7, 11) is 0. The molecule has 0 heterocycles. The molecule has 0 aliphatic carbocycles. The van der Waals surface area contributed by atoms with E-state index in [1.807, 2.05) is 0 Å². The first kappa shape index (κ1) is 13.5. The standard InChI is InChI=1S/C12H11O.2C2H5.Al/c1-2-13-12-9-5-7-10-6-3-4-8-11(10)12;2*1-2;/h3-7,9H,2H2,1H3;2*1H2,2H3;. The predicted molar refractivity (Wildman–Crippen MR) is 81.5 cm³/mol. The molecule has 2 heteroatoms. The quantitative estimate of drug-likeness (QED) is 0.735. The van der Waals surface area contributed by atoms with Crippen LogP contribution in [0.3, 0.4) is 0 Å². The number of fused-ring (bicyclic) bond motifs is 1. The van der Waals surface area contributed by atoms with E-state index in [-0.39, 0.29) is 0 Å². The molecule has 0 aliphatic rings. The summed E-state index contributed by atoms with van der Waals surface area (Å²) >= 11 is -0.834. The van der Waals surface area contributed by atoms with Crippen molar-refractivity contribution in [3.05, 3.63) is 36.4 Å². The highest BCUT2D eigenvalue weighted by Crippen LogP contribution is 2.25. The van der Waals surface area contributed by atoms with Gasteiger partial charge >= 0.3 is 14.1 Å². The van der Waals surface area contributed by atoms with Crippen LogP contribution in [0.1, 0.15) is 20.8 Å². The van der Waals surface area contributed by atoms with Gasteiger partial charge in [-0.3, -0.25) is 0 Å². The van der Waals surface area contributed by atoms with Crippen LogP contribution in [-0.4, -0.2) is 20.8 Å². The summed E-state index contributed by atoms with van der Waals surface area (Å²) in [5.41, 5.74) is 0. The molecule has 0 aliphatic heterocycles. The second kappa shape index (κ2) is 6.27. The van der Waals surface area contributed by atoms with E-state index in [0.29, 0.717) is 0 Å². The molecular weight excluding hydrogens is 235 g/mol. The van der Waals surface area contributed by atoms with Crippen LogP contribution in [0.25, 0.3) is 10.8 Å². The highest BCUT2D eigenvalue weighted by Gasteiger charge is 2.19. The predicted octanol–water partition coefficient (Wildman–Crippen LogP) is 3.98. The van der Waals surface area contributed by atoms with Gasteiger partial charge in [-0.2, -0.15) is 0 Å². The van der Waals surface area contributed by atoms with E-state index in [2.05, 4.69) is 57.2 Å². The Morgan fingerprint density at radius 1 is 0.944 bits per heavy atom. The molecular formula is C16H21AlO. The fraction of sp³-hybridized carbons (Fsp3) is 0.375. The summed E-state index contributed by atoms with van der Waals surface area (Å²) in [6.07, 6.45) is 0. The van der Waals surface area contributed by atoms with Gasteiger partial charge in [-0.05, 0) is 18.4 Å². The van der Waals surface area contributed by atoms with Gasteiger partial charge < -0.3 is 4.74 Å². The van der Waals surface area contributed by atoms with E-state index >= 15 is 0 Å². The van der Waals surface area contributed by atoms with Crippen molar-refractivity contribution in [2.24, 2.45) is 0 Å². The number of hydrogen-bond acceptors (Lipinski definition) is 1. The van der Waals surface area contributed by atoms with Crippen molar-refractivity contribution in [1.29, 1.82) is 0 Å². The zero-order valence-electron chi connectivity index (χ0n) is 11.6. The first-order chi connectivity index (χ1) is 8.81. The Bertz CT molecular complexity index is 512. The summed E-state index contributed by atoms with van der Waals surface area (Å²) in [6.45, 7) is 7.43. The molecule has 0 amide bonds. The van der Waals surface area contributed by atoms with Gasteiger partial charge in [0.05, 0.1) is 6.61 Å². The van der Waals surface area contributed by atoms with Crippen LogP contribution in [0.15, 0.2) is 36.4 Å². The molecule has 18 heavy (non-hydrogen) atoms. The highest BCUT2D eigenvalue weighted by atomic mass is 27.2. The van der Waals surface area contributed by atoms with Crippen molar-refractivity contribution in [3.8, 4) is 5.75 Å². The van der Waals surface area contributed by atoms with E-state index in [0.717, 1.165) is 12.4 Å². The van der Waals surface area contributed by atoms with E-state index in [1.54, 1.807) is 4.43 Å². The Hall–Kier alpha value is -0.968. The maximum absolute atomic E-state index is 5.82. The minimum atomic E-state index is -0.834. The van der Waals surface area contributed by atoms with Gasteiger partial charge in [-0.15, -0.1) is 0 Å². The molecule has 0 saturated carbocycles. The van der Waals surface area contributed by atoms with Gasteiger partial charge in [-0.1, -0.05) is 59.2 Å². The van der Waals surface area contributed by atoms with E-state index in [1.165, 1.54) is 21.3 Å². The van der Waals surface area contributed by atoms with E-state index in [4.69, 9.17) is 4.74 Å². The topological polar surface area (TPSA) is 9.23 Å². The number of hydrogen-bond donors (Lipinski definition) is 0. The normalized spacial score (nSPS) is 10.6. The average Bonchev–Trinajstić information content (AvgIpc) is 2.41. The lowest BCUT2D eigenvalue weighted by atomic mass is 10.1. The van der Waals surface area contributed by atoms with Crippen LogP contribution in [0.4, 0.5) is 0 Å². The van der Waals surface area contributed by atoms with Gasteiger partial charge in [0.15, 0.2) is 0 Å². The second-order valence-electron chi connectivity index (χ2n) is 4.65. The van der Waals surface area contributed by atoms with Crippen LogP contribution in [-0.2, 0) is 0 Å². The largest absolute Gasteiger partial charge is 0.493 e. The molecule has 94 valence electrons. The summed E-state index contributed by atoms with van der Waals surface area (Å²) < 4.78 is 7.39. The molecule has 0 spiro atoms. The summed E-state index contributed by atoms with van der Waals surface area (Å²) in [5.74, 6) is 1.06. The molecule has 0 aromatic heterocycles.